The number of amides is 2. The molecule has 272 valence electrons. The monoisotopic (exact) mass is 704 g/mol. The molecule has 5 aromatic rings. The second-order valence-electron chi connectivity index (χ2n) is 16.7. The minimum Gasteiger partial charge on any atom is -0.488 e. The smallest absolute Gasteiger partial charge is 0.411 e. The minimum atomic E-state index is -0.572. The summed E-state index contributed by atoms with van der Waals surface area (Å²) in [6.07, 6.45) is 4.66. The number of rotatable bonds is 3. The molecule has 3 aliphatic rings. The summed E-state index contributed by atoms with van der Waals surface area (Å²) in [6.45, 7) is 15.9. The van der Waals surface area contributed by atoms with Crippen LogP contribution in [0, 0.1) is 0 Å². The van der Waals surface area contributed by atoms with Crippen LogP contribution >= 0.6 is 0 Å². The van der Waals surface area contributed by atoms with E-state index in [-0.39, 0.29) is 36.4 Å². The average Bonchev–Trinajstić information content (AvgIpc) is 3.87. The molecule has 0 saturated carbocycles. The highest BCUT2D eigenvalue weighted by Crippen LogP contribution is 2.44. The first kappa shape index (κ1) is 34.0. The van der Waals surface area contributed by atoms with Gasteiger partial charge in [-0.3, -0.25) is 9.80 Å². The molecule has 2 N–H and O–H groups in total. The zero-order valence-electron chi connectivity index (χ0n) is 31.3. The number of fused-ring (bicyclic) bond motifs is 6. The third kappa shape index (κ3) is 6.13. The predicted molar refractivity (Wildman–Crippen MR) is 200 cm³/mol. The van der Waals surface area contributed by atoms with Gasteiger partial charge in [-0.15, -0.1) is 0 Å². The van der Waals surface area contributed by atoms with Crippen LogP contribution in [0.25, 0.3) is 44.2 Å². The van der Waals surface area contributed by atoms with E-state index in [1.165, 1.54) is 0 Å². The van der Waals surface area contributed by atoms with Gasteiger partial charge in [-0.05, 0) is 127 Å². The molecule has 11 heteroatoms. The number of likely N-dealkylation sites (tertiary alicyclic amines) is 2. The lowest BCUT2D eigenvalue weighted by atomic mass is 9.92. The van der Waals surface area contributed by atoms with Gasteiger partial charge in [0, 0.05) is 23.0 Å². The molecule has 0 aliphatic carbocycles. The van der Waals surface area contributed by atoms with Gasteiger partial charge in [0.05, 0.1) is 35.0 Å². The number of ether oxygens (including phenoxy) is 3. The Morgan fingerprint density at radius 3 is 2.10 bits per heavy atom. The van der Waals surface area contributed by atoms with Crippen molar-refractivity contribution in [2.75, 3.05) is 0 Å². The first-order valence-electron chi connectivity index (χ1n) is 18.4. The topological polar surface area (TPSA) is 126 Å². The molecular weight excluding hydrogens is 656 g/mol. The second-order valence-corrected chi connectivity index (χ2v) is 16.7. The van der Waals surface area contributed by atoms with Crippen molar-refractivity contribution >= 4 is 34.0 Å². The fourth-order valence-corrected chi connectivity index (χ4v) is 8.04. The molecule has 2 fully saturated rings. The third-order valence-corrected chi connectivity index (χ3v) is 10.5. The Hall–Kier alpha value is -5.06. The summed E-state index contributed by atoms with van der Waals surface area (Å²) in [5, 5.41) is 2.10. The number of aromatic amines is 2. The van der Waals surface area contributed by atoms with Crippen LogP contribution in [0.3, 0.4) is 0 Å². The van der Waals surface area contributed by atoms with E-state index in [1.54, 1.807) is 0 Å². The third-order valence-electron chi connectivity index (χ3n) is 10.5. The molecule has 11 nitrogen and oxygen atoms in total. The maximum Gasteiger partial charge on any atom is 0.411 e. The Kier molecular flexibility index (Phi) is 8.04. The van der Waals surface area contributed by atoms with E-state index >= 15 is 0 Å². The molecule has 2 saturated heterocycles. The summed E-state index contributed by atoms with van der Waals surface area (Å²) in [4.78, 5) is 46.8. The van der Waals surface area contributed by atoms with Gasteiger partial charge in [0.1, 0.15) is 35.2 Å². The van der Waals surface area contributed by atoms with Crippen molar-refractivity contribution in [1.29, 1.82) is 0 Å². The number of benzene rings is 3. The number of hydrogen-bond donors (Lipinski definition) is 2. The zero-order valence-corrected chi connectivity index (χ0v) is 31.3. The van der Waals surface area contributed by atoms with Crippen LogP contribution in [-0.2, 0) is 16.1 Å². The molecule has 0 bridgehead atoms. The number of aromatic nitrogens is 4. The molecular formula is C41H48N6O5. The summed E-state index contributed by atoms with van der Waals surface area (Å²) < 4.78 is 17.9. The normalized spacial score (nSPS) is 21.7. The molecule has 4 atom stereocenters. The van der Waals surface area contributed by atoms with Gasteiger partial charge in [0.25, 0.3) is 0 Å². The largest absolute Gasteiger partial charge is 0.488 e. The van der Waals surface area contributed by atoms with Gasteiger partial charge in [-0.1, -0.05) is 18.2 Å². The highest BCUT2D eigenvalue weighted by molar-refractivity contribution is 6.07. The van der Waals surface area contributed by atoms with E-state index in [1.807, 2.05) is 63.6 Å². The summed E-state index contributed by atoms with van der Waals surface area (Å²) in [6, 6.07) is 14.7. The van der Waals surface area contributed by atoms with Crippen LogP contribution in [-0.4, -0.2) is 65.2 Å². The van der Waals surface area contributed by atoms with Crippen molar-refractivity contribution < 1.29 is 23.8 Å². The van der Waals surface area contributed by atoms with Crippen LogP contribution in [0.2, 0.25) is 0 Å². The van der Waals surface area contributed by atoms with Gasteiger partial charge in [0.2, 0.25) is 0 Å². The van der Waals surface area contributed by atoms with Crippen molar-refractivity contribution in [1.82, 2.24) is 29.7 Å². The van der Waals surface area contributed by atoms with E-state index in [2.05, 4.69) is 60.2 Å². The average molecular weight is 705 g/mol. The fourth-order valence-electron chi connectivity index (χ4n) is 8.04. The van der Waals surface area contributed by atoms with Crippen LogP contribution in [0.5, 0.6) is 5.75 Å². The lowest BCUT2D eigenvalue weighted by molar-refractivity contribution is 0.0141. The van der Waals surface area contributed by atoms with E-state index in [0.29, 0.717) is 6.61 Å². The van der Waals surface area contributed by atoms with Crippen LogP contribution in [0.1, 0.15) is 110 Å². The quantitative estimate of drug-likeness (QED) is 0.192. The molecule has 1 unspecified atom stereocenters. The lowest BCUT2D eigenvalue weighted by Gasteiger charge is -2.30. The van der Waals surface area contributed by atoms with Gasteiger partial charge >= 0.3 is 12.2 Å². The first-order valence-corrected chi connectivity index (χ1v) is 18.4. The SMILES string of the molecule is C[C@H]1CCC(c2nc3ccc4cc5c(cc4c3[nH]2)OCc2cc(-c3cnc([C@@H]4CC[C@H](C)N4C(=O)OC(C)(C)C)[nH]3)ccc2-5)N1C(=O)OC(C)(C)C. The van der Waals surface area contributed by atoms with Gasteiger partial charge in [-0.2, -0.15) is 0 Å². The highest BCUT2D eigenvalue weighted by Gasteiger charge is 2.41. The number of H-pyrrole nitrogens is 2. The Balaban J connectivity index is 1.07. The van der Waals surface area contributed by atoms with Crippen molar-refractivity contribution in [3.63, 3.8) is 0 Å². The van der Waals surface area contributed by atoms with E-state index < -0.39 is 11.2 Å². The van der Waals surface area contributed by atoms with Crippen molar-refractivity contribution in [3.05, 3.63) is 65.9 Å². The van der Waals surface area contributed by atoms with Crippen molar-refractivity contribution in [3.8, 4) is 28.1 Å². The molecule has 3 aliphatic heterocycles. The number of carbonyl (C=O) groups excluding carboxylic acids is 2. The number of hydrogen-bond acceptors (Lipinski definition) is 7. The first-order chi connectivity index (χ1) is 24.6. The summed E-state index contributed by atoms with van der Waals surface area (Å²) in [7, 11) is 0. The van der Waals surface area contributed by atoms with E-state index in [9.17, 15) is 9.59 Å². The Morgan fingerprint density at radius 2 is 1.44 bits per heavy atom. The maximum atomic E-state index is 13.2. The Morgan fingerprint density at radius 1 is 0.788 bits per heavy atom. The molecule has 0 spiro atoms. The fraction of sp³-hybridized carbons (Fsp3) is 0.463. The molecule has 2 aromatic heterocycles. The van der Waals surface area contributed by atoms with Gasteiger partial charge in [-0.25, -0.2) is 19.6 Å². The number of imidazole rings is 2. The molecule has 8 rings (SSSR count). The summed E-state index contributed by atoms with van der Waals surface area (Å²) in [5.41, 5.74) is 5.81. The highest BCUT2D eigenvalue weighted by atomic mass is 16.6. The molecule has 5 heterocycles. The summed E-state index contributed by atoms with van der Waals surface area (Å²) >= 11 is 0. The van der Waals surface area contributed by atoms with E-state index in [0.717, 1.165) is 92.8 Å². The van der Waals surface area contributed by atoms with Crippen LogP contribution in [0.15, 0.2) is 48.7 Å². The molecule has 2 amide bonds. The van der Waals surface area contributed by atoms with Gasteiger partial charge in [0.15, 0.2) is 0 Å². The van der Waals surface area contributed by atoms with Crippen molar-refractivity contribution in [2.24, 2.45) is 0 Å². The Bertz CT molecular complexity index is 2210. The van der Waals surface area contributed by atoms with Crippen LogP contribution < -0.4 is 4.74 Å². The molecule has 3 aromatic carbocycles. The van der Waals surface area contributed by atoms with E-state index in [4.69, 9.17) is 24.2 Å². The second kappa shape index (κ2) is 12.3. The minimum absolute atomic E-state index is 0.0618. The standard InChI is InChI=1S/C41H48N6O5/c1-22-9-15-32(46(22)38(48)51-40(3,4)5)36-42-20-31(44-36)25-11-13-27-26(17-25)21-50-34-19-28-24(18-29(27)34)12-14-30-35(28)45-37(43-30)33-16-10-23(2)47(33)39(49)52-41(6,7)8/h11-14,17-20,22-23,32-33H,9-10,15-16,21H2,1-8H3,(H,42,44)(H,43,45)/t22-,23-,32-,33?/m0/s1. The maximum absolute atomic E-state index is 13.2. The van der Waals surface area contributed by atoms with Crippen LogP contribution in [0.4, 0.5) is 9.59 Å². The summed E-state index contributed by atoms with van der Waals surface area (Å²) in [5.74, 6) is 2.36. The molecule has 0 radical (unpaired) electrons. The van der Waals surface area contributed by atoms with Crippen molar-refractivity contribution in [2.45, 2.75) is 123 Å². The molecule has 52 heavy (non-hydrogen) atoms. The van der Waals surface area contributed by atoms with Gasteiger partial charge < -0.3 is 24.2 Å². The Labute approximate surface area is 304 Å². The number of nitrogens with zero attached hydrogens (tertiary/aromatic N) is 4. The predicted octanol–water partition coefficient (Wildman–Crippen LogP) is 9.59. The number of nitrogens with one attached hydrogen (secondary N) is 2. The number of carbonyl (C=O) groups is 2. The zero-order chi connectivity index (χ0) is 36.7. The lowest BCUT2D eigenvalue weighted by Crippen LogP contribution is -2.40.